The van der Waals surface area contributed by atoms with Gasteiger partial charge in [0.2, 0.25) is 0 Å². The lowest BCUT2D eigenvalue weighted by Crippen LogP contribution is -2.31. The Balaban J connectivity index is 1.35. The van der Waals surface area contributed by atoms with Crippen LogP contribution in [0.15, 0.2) is 48.5 Å². The molecule has 1 aliphatic carbocycles. The minimum absolute atomic E-state index is 0.0949. The molecule has 0 atom stereocenters. The average Bonchev–Trinajstić information content (AvgIpc) is 3.33. The van der Waals surface area contributed by atoms with Gasteiger partial charge in [-0.25, -0.2) is 4.79 Å². The van der Waals surface area contributed by atoms with Crippen LogP contribution in [0.3, 0.4) is 0 Å². The number of aliphatic hydroxyl groups is 1. The lowest BCUT2D eigenvalue weighted by atomic mass is 10.1. The molecule has 0 bridgehead atoms. The predicted octanol–water partition coefficient (Wildman–Crippen LogP) is 3.51. The van der Waals surface area contributed by atoms with Crippen molar-refractivity contribution in [3.63, 3.8) is 0 Å². The van der Waals surface area contributed by atoms with Crippen LogP contribution in [0.2, 0.25) is 0 Å². The largest absolute Gasteiger partial charge is 0.448 e. The molecule has 156 valence electrons. The zero-order valence-corrected chi connectivity index (χ0v) is 17.0. The first-order valence-electron chi connectivity index (χ1n) is 10.2. The van der Waals surface area contributed by atoms with Crippen molar-refractivity contribution in [2.24, 2.45) is 0 Å². The first-order chi connectivity index (χ1) is 14.7. The molecule has 7 nitrogen and oxygen atoms in total. The molecule has 0 radical (unpaired) electrons. The predicted molar refractivity (Wildman–Crippen MR) is 116 cm³/mol. The molecule has 1 heterocycles. The molecular formula is C23H26N4O3. The second-order valence-corrected chi connectivity index (χ2v) is 7.26. The molecular weight excluding hydrogens is 380 g/mol. The van der Waals surface area contributed by atoms with Crippen LogP contribution in [0.1, 0.15) is 18.1 Å². The maximum absolute atomic E-state index is 12.0. The van der Waals surface area contributed by atoms with E-state index in [1.807, 2.05) is 42.2 Å². The maximum Gasteiger partial charge on any atom is 0.411 e. The first-order valence-corrected chi connectivity index (χ1v) is 10.2. The van der Waals surface area contributed by atoms with Crippen molar-refractivity contribution in [3.8, 4) is 22.5 Å². The molecule has 0 saturated heterocycles. The molecule has 3 N–H and O–H groups in total. The van der Waals surface area contributed by atoms with Crippen LogP contribution in [-0.2, 0) is 11.2 Å². The van der Waals surface area contributed by atoms with Crippen LogP contribution < -0.4 is 5.32 Å². The number of rotatable bonds is 8. The highest BCUT2D eigenvalue weighted by Crippen LogP contribution is 2.39. The maximum atomic E-state index is 12.0. The molecule has 0 saturated carbocycles. The molecule has 0 spiro atoms. The Morgan fingerprint density at radius 3 is 2.77 bits per heavy atom. The standard InChI is InChI=1S/C23H26N4O3/c1-2-27(11-13-28)12-14-30-23(29)24-18-9-7-16(8-10-18)21-20-15-17-5-3-4-6-19(17)22(20)26-25-21/h3-10,28H,2,11-15H2,1H3,(H,24,29)(H,25,26). The third-order valence-corrected chi connectivity index (χ3v) is 5.43. The van der Waals surface area contributed by atoms with Crippen molar-refractivity contribution in [1.82, 2.24) is 15.1 Å². The van der Waals surface area contributed by atoms with Gasteiger partial charge in [-0.1, -0.05) is 43.3 Å². The number of carbonyl (C=O) groups is 1. The summed E-state index contributed by atoms with van der Waals surface area (Å²) >= 11 is 0. The van der Waals surface area contributed by atoms with Crippen LogP contribution >= 0.6 is 0 Å². The summed E-state index contributed by atoms with van der Waals surface area (Å²) < 4.78 is 5.23. The van der Waals surface area contributed by atoms with Crippen molar-refractivity contribution < 1.29 is 14.6 Å². The van der Waals surface area contributed by atoms with E-state index >= 15 is 0 Å². The molecule has 1 aromatic heterocycles. The second kappa shape index (κ2) is 9.11. The van der Waals surface area contributed by atoms with Crippen LogP contribution in [-0.4, -0.2) is 59.1 Å². The van der Waals surface area contributed by atoms with Crippen LogP contribution in [0.4, 0.5) is 10.5 Å². The SMILES string of the molecule is CCN(CCO)CCOC(=O)Nc1ccc(-c2n[nH]c3c2Cc2ccccc2-3)cc1. The number of nitrogens with one attached hydrogen (secondary N) is 2. The van der Waals surface area contributed by atoms with Gasteiger partial charge in [-0.3, -0.25) is 15.3 Å². The van der Waals surface area contributed by atoms with Gasteiger partial charge < -0.3 is 9.84 Å². The van der Waals surface area contributed by atoms with Gasteiger partial charge in [0.05, 0.1) is 18.0 Å². The molecule has 7 heteroatoms. The van der Waals surface area contributed by atoms with E-state index in [0.29, 0.717) is 18.8 Å². The van der Waals surface area contributed by atoms with Crippen molar-refractivity contribution in [3.05, 3.63) is 59.7 Å². The molecule has 0 unspecified atom stereocenters. The summed E-state index contributed by atoms with van der Waals surface area (Å²) in [7, 11) is 0. The van der Waals surface area contributed by atoms with E-state index in [-0.39, 0.29) is 13.2 Å². The van der Waals surface area contributed by atoms with Gasteiger partial charge in [0.25, 0.3) is 0 Å². The fraction of sp³-hybridized carbons (Fsp3) is 0.304. The quantitative estimate of drug-likeness (QED) is 0.417. The Morgan fingerprint density at radius 1 is 1.20 bits per heavy atom. The van der Waals surface area contributed by atoms with E-state index in [0.717, 1.165) is 29.9 Å². The fourth-order valence-corrected chi connectivity index (χ4v) is 3.81. The number of benzene rings is 2. The average molecular weight is 406 g/mol. The highest BCUT2D eigenvalue weighted by molar-refractivity contribution is 5.86. The number of anilines is 1. The number of hydrogen-bond acceptors (Lipinski definition) is 5. The molecule has 1 amide bonds. The minimum atomic E-state index is -0.487. The highest BCUT2D eigenvalue weighted by atomic mass is 16.5. The van der Waals surface area contributed by atoms with Crippen LogP contribution in [0, 0.1) is 0 Å². The summed E-state index contributed by atoms with van der Waals surface area (Å²) in [5, 5.41) is 19.4. The van der Waals surface area contributed by atoms with E-state index in [2.05, 4.69) is 33.7 Å². The van der Waals surface area contributed by atoms with E-state index in [4.69, 9.17) is 9.84 Å². The third kappa shape index (κ3) is 4.22. The van der Waals surface area contributed by atoms with Gasteiger partial charge in [0, 0.05) is 41.9 Å². The lowest BCUT2D eigenvalue weighted by Gasteiger charge is -2.18. The van der Waals surface area contributed by atoms with Gasteiger partial charge in [-0.2, -0.15) is 5.10 Å². The zero-order chi connectivity index (χ0) is 20.9. The second-order valence-electron chi connectivity index (χ2n) is 7.26. The van der Waals surface area contributed by atoms with E-state index in [1.165, 1.54) is 16.7 Å². The Hall–Kier alpha value is -3.16. The molecule has 0 aliphatic heterocycles. The molecule has 4 rings (SSSR count). The Kier molecular flexibility index (Phi) is 6.11. The van der Waals surface area contributed by atoms with Gasteiger partial charge in [0.1, 0.15) is 6.61 Å². The molecule has 0 fully saturated rings. The van der Waals surface area contributed by atoms with Gasteiger partial charge >= 0.3 is 6.09 Å². The van der Waals surface area contributed by atoms with Crippen LogP contribution in [0.5, 0.6) is 0 Å². The normalized spacial score (nSPS) is 12.0. The van der Waals surface area contributed by atoms with E-state index < -0.39 is 6.09 Å². The first kappa shape index (κ1) is 20.1. The smallest absolute Gasteiger partial charge is 0.411 e. The number of ether oxygens (including phenoxy) is 1. The number of H-pyrrole nitrogens is 1. The molecule has 1 aliphatic rings. The zero-order valence-electron chi connectivity index (χ0n) is 17.0. The Morgan fingerprint density at radius 2 is 2.00 bits per heavy atom. The number of hydrogen-bond donors (Lipinski definition) is 3. The summed E-state index contributed by atoms with van der Waals surface area (Å²) in [6, 6.07) is 16.0. The number of nitrogens with zero attached hydrogens (tertiary/aromatic N) is 2. The summed E-state index contributed by atoms with van der Waals surface area (Å²) in [6.45, 7) is 4.34. The third-order valence-electron chi connectivity index (χ3n) is 5.43. The number of aliphatic hydroxyl groups excluding tert-OH is 1. The number of fused-ring (bicyclic) bond motifs is 3. The number of carbonyl (C=O) groups excluding carboxylic acids is 1. The van der Waals surface area contributed by atoms with Crippen molar-refractivity contribution in [2.75, 3.05) is 38.2 Å². The number of aromatic amines is 1. The monoisotopic (exact) mass is 406 g/mol. The number of amides is 1. The molecule has 30 heavy (non-hydrogen) atoms. The van der Waals surface area contributed by atoms with Crippen molar-refractivity contribution >= 4 is 11.8 Å². The van der Waals surface area contributed by atoms with Crippen molar-refractivity contribution in [1.29, 1.82) is 0 Å². The highest BCUT2D eigenvalue weighted by Gasteiger charge is 2.24. The summed E-state index contributed by atoms with van der Waals surface area (Å²) in [5.41, 5.74) is 7.44. The summed E-state index contributed by atoms with van der Waals surface area (Å²) in [5.74, 6) is 0. The van der Waals surface area contributed by atoms with Gasteiger partial charge in [-0.15, -0.1) is 0 Å². The van der Waals surface area contributed by atoms with Gasteiger partial charge in [0.15, 0.2) is 0 Å². The molecule has 2 aromatic carbocycles. The van der Waals surface area contributed by atoms with Crippen molar-refractivity contribution in [2.45, 2.75) is 13.3 Å². The lowest BCUT2D eigenvalue weighted by molar-refractivity contribution is 0.131. The van der Waals surface area contributed by atoms with Gasteiger partial charge in [-0.05, 0) is 24.2 Å². The van der Waals surface area contributed by atoms with E-state index in [9.17, 15) is 4.79 Å². The number of likely N-dealkylation sites (N-methyl/N-ethyl adjacent to an activating group) is 1. The molecule has 3 aromatic rings. The van der Waals surface area contributed by atoms with E-state index in [1.54, 1.807) is 0 Å². The van der Waals surface area contributed by atoms with Crippen LogP contribution in [0.25, 0.3) is 22.5 Å². The summed E-state index contributed by atoms with van der Waals surface area (Å²) in [6.07, 6.45) is 0.383. The minimum Gasteiger partial charge on any atom is -0.448 e. The fourth-order valence-electron chi connectivity index (χ4n) is 3.81. The topological polar surface area (TPSA) is 90.5 Å². The number of aromatic nitrogens is 2. The Bertz CT molecular complexity index is 1010. The summed E-state index contributed by atoms with van der Waals surface area (Å²) in [4.78, 5) is 14.0. The Labute approximate surface area is 175 Å².